The third kappa shape index (κ3) is 5.56. The van der Waals surface area contributed by atoms with Gasteiger partial charge in [-0.15, -0.1) is 0 Å². The van der Waals surface area contributed by atoms with E-state index in [-0.39, 0.29) is 41.1 Å². The van der Waals surface area contributed by atoms with Crippen molar-refractivity contribution in [2.45, 2.75) is 20.0 Å². The van der Waals surface area contributed by atoms with Gasteiger partial charge in [0.25, 0.3) is 17.3 Å². The number of nitrogens with zero attached hydrogens (tertiary/aromatic N) is 4. The molecule has 0 fully saturated rings. The zero-order chi connectivity index (χ0) is 28.3. The number of nitro benzene ring substituents is 2. The lowest BCUT2D eigenvalue weighted by Crippen LogP contribution is -2.38. The molecule has 0 aliphatic rings. The summed E-state index contributed by atoms with van der Waals surface area (Å²) in [6, 6.07) is 9.35. The fourth-order valence-corrected chi connectivity index (χ4v) is 3.84. The summed E-state index contributed by atoms with van der Waals surface area (Å²) in [5.41, 5.74) is -1.92. The highest BCUT2D eigenvalue weighted by Gasteiger charge is 2.22. The second-order valence-corrected chi connectivity index (χ2v) is 8.18. The molecule has 0 atom stereocenters. The topological polar surface area (TPSA) is 201 Å². The van der Waals surface area contributed by atoms with Crippen LogP contribution in [-0.2, 0) is 22.6 Å². The fraction of sp³-hybridized carbons (Fsp3) is 0.167. The molecule has 2 N–H and O–H groups in total. The Balaban J connectivity index is 1.68. The van der Waals surface area contributed by atoms with Gasteiger partial charge in [0.05, 0.1) is 33.1 Å². The fourth-order valence-electron chi connectivity index (χ4n) is 3.84. The highest BCUT2D eigenvalue weighted by molar-refractivity contribution is 5.94. The van der Waals surface area contributed by atoms with Gasteiger partial charge in [0, 0.05) is 37.1 Å². The number of hydrogen-bond acceptors (Lipinski definition) is 9. The number of aromatic nitrogens is 3. The second kappa shape index (κ2) is 10.8. The van der Waals surface area contributed by atoms with Crippen LogP contribution >= 0.6 is 0 Å². The van der Waals surface area contributed by atoms with Crippen molar-refractivity contribution in [2.75, 3.05) is 6.61 Å². The molecule has 4 aromatic rings. The first-order chi connectivity index (χ1) is 18.6. The van der Waals surface area contributed by atoms with Crippen LogP contribution in [0.3, 0.4) is 0 Å². The summed E-state index contributed by atoms with van der Waals surface area (Å²) in [5, 5.41) is 25.3. The number of hydrogen-bond donors (Lipinski definition) is 2. The zero-order valence-electron chi connectivity index (χ0n) is 20.3. The Hall–Kier alpha value is -5.60. The van der Waals surface area contributed by atoms with Crippen molar-refractivity contribution in [3.63, 3.8) is 0 Å². The molecule has 2 heterocycles. The number of carbonyl (C=O) groups excluding carboxylic acids is 2. The van der Waals surface area contributed by atoms with Crippen LogP contribution in [-0.4, -0.2) is 42.4 Å². The maximum Gasteiger partial charge on any atom is 0.326 e. The van der Waals surface area contributed by atoms with E-state index < -0.39 is 45.1 Å². The van der Waals surface area contributed by atoms with Crippen LogP contribution in [0.1, 0.15) is 22.8 Å². The van der Waals surface area contributed by atoms with Crippen molar-refractivity contribution < 1.29 is 24.2 Å². The lowest BCUT2D eigenvalue weighted by Gasteiger charge is -2.12. The van der Waals surface area contributed by atoms with Gasteiger partial charge in [0.1, 0.15) is 12.2 Å². The summed E-state index contributed by atoms with van der Waals surface area (Å²) in [4.78, 5) is 73.1. The Morgan fingerprint density at radius 3 is 2.41 bits per heavy atom. The minimum Gasteiger partial charge on any atom is -0.465 e. The molecule has 0 saturated carbocycles. The normalized spacial score (nSPS) is 10.8. The summed E-state index contributed by atoms with van der Waals surface area (Å²) >= 11 is 0. The minimum absolute atomic E-state index is 0.0334. The number of aromatic amines is 1. The van der Waals surface area contributed by atoms with E-state index >= 15 is 0 Å². The molecule has 0 aliphatic carbocycles. The molecular formula is C24H20N6O9. The number of amides is 1. The number of rotatable bonds is 9. The van der Waals surface area contributed by atoms with E-state index in [1.54, 1.807) is 6.92 Å². The molecule has 0 radical (unpaired) electrons. The molecule has 0 aliphatic heterocycles. The maximum atomic E-state index is 12.7. The van der Waals surface area contributed by atoms with Crippen LogP contribution in [0.2, 0.25) is 0 Å². The maximum absolute atomic E-state index is 12.7. The summed E-state index contributed by atoms with van der Waals surface area (Å²) in [6.07, 6.45) is 2.73. The molecule has 15 nitrogen and oxygen atoms in total. The number of esters is 1. The molecule has 4 rings (SSSR count). The molecule has 39 heavy (non-hydrogen) atoms. The molecule has 0 bridgehead atoms. The number of nitrogens with one attached hydrogen (secondary N) is 2. The van der Waals surface area contributed by atoms with Crippen molar-refractivity contribution in [3.8, 4) is 5.69 Å². The lowest BCUT2D eigenvalue weighted by atomic mass is 10.2. The van der Waals surface area contributed by atoms with Crippen LogP contribution in [0.15, 0.2) is 64.4 Å². The monoisotopic (exact) mass is 536 g/mol. The summed E-state index contributed by atoms with van der Waals surface area (Å²) in [5.74, 6) is -1.29. The van der Waals surface area contributed by atoms with Crippen molar-refractivity contribution in [3.05, 3.63) is 107 Å². The van der Waals surface area contributed by atoms with Crippen molar-refractivity contribution in [2.24, 2.45) is 0 Å². The summed E-state index contributed by atoms with van der Waals surface area (Å²) in [7, 11) is 0. The summed E-state index contributed by atoms with van der Waals surface area (Å²) in [6.45, 7) is 1.10. The van der Waals surface area contributed by atoms with Crippen LogP contribution in [0.5, 0.6) is 0 Å². The van der Waals surface area contributed by atoms with E-state index in [0.29, 0.717) is 5.56 Å². The highest BCUT2D eigenvalue weighted by atomic mass is 16.6. The van der Waals surface area contributed by atoms with Gasteiger partial charge in [-0.1, -0.05) is 12.1 Å². The molecule has 2 aromatic carbocycles. The highest BCUT2D eigenvalue weighted by Crippen LogP contribution is 2.28. The summed E-state index contributed by atoms with van der Waals surface area (Å²) < 4.78 is 7.02. The van der Waals surface area contributed by atoms with Crippen molar-refractivity contribution in [1.82, 2.24) is 19.4 Å². The Morgan fingerprint density at radius 2 is 1.77 bits per heavy atom. The molecule has 2 aromatic heterocycles. The number of nitro groups is 2. The minimum atomic E-state index is -1.07. The molecule has 0 unspecified atom stereocenters. The lowest BCUT2D eigenvalue weighted by molar-refractivity contribution is -0.384. The van der Waals surface area contributed by atoms with Crippen LogP contribution in [0.4, 0.5) is 11.4 Å². The molecule has 15 heteroatoms. The Bertz CT molecular complexity index is 1730. The standard InChI is InChI=1S/C24H20N6O9/c1-2-39-21(31)13-28-18-10-19(20(30(37)38)9-17(18)26-23(33)24(28)34)27-8-7-15(12-27)22(32)25-11-14-3-5-16(6-4-14)29(35)36/h3-10,12H,2,11,13H2,1H3,(H,25,32)(H,26,33). The van der Waals surface area contributed by atoms with Crippen LogP contribution < -0.4 is 16.4 Å². The first-order valence-electron chi connectivity index (χ1n) is 11.4. The van der Waals surface area contributed by atoms with Gasteiger partial charge >= 0.3 is 17.1 Å². The van der Waals surface area contributed by atoms with Gasteiger partial charge in [-0.2, -0.15) is 0 Å². The number of benzene rings is 2. The number of ether oxygens (including phenoxy) is 1. The molecule has 1 amide bonds. The van der Waals surface area contributed by atoms with Gasteiger partial charge < -0.3 is 19.6 Å². The largest absolute Gasteiger partial charge is 0.465 e. The van der Waals surface area contributed by atoms with Gasteiger partial charge in [-0.05, 0) is 24.6 Å². The first kappa shape index (κ1) is 26.5. The second-order valence-electron chi connectivity index (χ2n) is 8.18. The van der Waals surface area contributed by atoms with Gasteiger partial charge in [-0.25, -0.2) is 0 Å². The number of non-ortho nitro benzene ring substituents is 1. The van der Waals surface area contributed by atoms with Crippen LogP contribution in [0, 0.1) is 20.2 Å². The van der Waals surface area contributed by atoms with Gasteiger partial charge in [-0.3, -0.25) is 44.0 Å². The van der Waals surface area contributed by atoms with E-state index in [9.17, 15) is 39.4 Å². The Labute approximate surface area is 217 Å². The third-order valence-corrected chi connectivity index (χ3v) is 5.69. The Morgan fingerprint density at radius 1 is 1.05 bits per heavy atom. The van der Waals surface area contributed by atoms with E-state index in [4.69, 9.17) is 4.74 Å². The Kier molecular flexibility index (Phi) is 7.32. The zero-order valence-corrected chi connectivity index (χ0v) is 20.3. The van der Waals surface area contributed by atoms with Gasteiger partial charge in [0.2, 0.25) is 0 Å². The number of carbonyl (C=O) groups is 2. The van der Waals surface area contributed by atoms with Gasteiger partial charge in [0.15, 0.2) is 0 Å². The quantitative estimate of drug-likeness (QED) is 0.138. The average Bonchev–Trinajstić information content (AvgIpc) is 3.40. The van der Waals surface area contributed by atoms with E-state index in [2.05, 4.69) is 10.3 Å². The molecular weight excluding hydrogens is 516 g/mol. The van der Waals surface area contributed by atoms with E-state index in [1.165, 1.54) is 53.4 Å². The number of fused-ring (bicyclic) bond motifs is 1. The molecule has 200 valence electrons. The van der Waals surface area contributed by atoms with Crippen molar-refractivity contribution in [1.29, 1.82) is 0 Å². The SMILES string of the molecule is CCOC(=O)Cn1c(=O)c(=O)[nH]c2cc([N+](=O)[O-])c(-n3ccc(C(=O)NCc4ccc([N+](=O)[O-])cc4)c3)cc21. The van der Waals surface area contributed by atoms with E-state index in [1.807, 2.05) is 0 Å². The first-order valence-corrected chi connectivity index (χ1v) is 11.4. The smallest absolute Gasteiger partial charge is 0.326 e. The average molecular weight is 536 g/mol. The number of H-pyrrole nitrogens is 1. The molecule has 0 saturated heterocycles. The third-order valence-electron chi connectivity index (χ3n) is 5.69. The van der Waals surface area contributed by atoms with E-state index in [0.717, 1.165) is 10.6 Å². The predicted octanol–water partition coefficient (Wildman–Crippen LogP) is 1.79. The molecule has 0 spiro atoms. The van der Waals surface area contributed by atoms with Crippen molar-refractivity contribution >= 4 is 34.3 Å². The van der Waals surface area contributed by atoms with Crippen LogP contribution in [0.25, 0.3) is 16.7 Å². The predicted molar refractivity (Wildman–Crippen MR) is 136 cm³/mol.